The number of benzene rings is 2. The Morgan fingerprint density at radius 2 is 1.77 bits per heavy atom. The smallest absolute Gasteiger partial charge is 0.338 e. The molecule has 1 atom stereocenters. The highest BCUT2D eigenvalue weighted by Crippen LogP contribution is 2.35. The predicted octanol–water partition coefficient (Wildman–Crippen LogP) is 2.95. The van der Waals surface area contributed by atoms with E-state index in [9.17, 15) is 9.59 Å². The van der Waals surface area contributed by atoms with E-state index in [0.717, 1.165) is 0 Å². The summed E-state index contributed by atoms with van der Waals surface area (Å²) in [4.78, 5) is 25.0. The first kappa shape index (κ1) is 21.0. The van der Waals surface area contributed by atoms with Crippen LogP contribution < -0.4 is 24.8 Å². The van der Waals surface area contributed by atoms with E-state index in [4.69, 9.17) is 18.9 Å². The van der Waals surface area contributed by atoms with E-state index in [1.807, 2.05) is 30.3 Å². The Hall–Kier alpha value is -3.68. The van der Waals surface area contributed by atoms with Crippen LogP contribution in [0.15, 0.2) is 59.8 Å². The van der Waals surface area contributed by atoms with Gasteiger partial charge in [0.2, 0.25) is 0 Å². The topological polar surface area (TPSA) is 95.1 Å². The zero-order valence-corrected chi connectivity index (χ0v) is 17.1. The van der Waals surface area contributed by atoms with Gasteiger partial charge in [0.25, 0.3) is 0 Å². The Balaban J connectivity index is 1.77. The summed E-state index contributed by atoms with van der Waals surface area (Å²) in [7, 11) is 3.05. The molecule has 0 saturated carbocycles. The van der Waals surface area contributed by atoms with Gasteiger partial charge in [-0.2, -0.15) is 0 Å². The van der Waals surface area contributed by atoms with E-state index < -0.39 is 18.0 Å². The summed E-state index contributed by atoms with van der Waals surface area (Å²) in [5.74, 6) is 1.20. The molecule has 0 radical (unpaired) electrons. The van der Waals surface area contributed by atoms with E-state index in [2.05, 4.69) is 10.6 Å². The minimum Gasteiger partial charge on any atom is -0.497 e. The van der Waals surface area contributed by atoms with Gasteiger partial charge in [0.1, 0.15) is 30.5 Å². The zero-order valence-electron chi connectivity index (χ0n) is 17.1. The van der Waals surface area contributed by atoms with Crippen molar-refractivity contribution in [1.29, 1.82) is 0 Å². The van der Waals surface area contributed by atoms with Crippen molar-refractivity contribution >= 4 is 12.0 Å². The number of hydrogen-bond donors (Lipinski definition) is 2. The molecule has 2 amide bonds. The van der Waals surface area contributed by atoms with Crippen LogP contribution in [0.25, 0.3) is 0 Å². The first-order valence-electron chi connectivity index (χ1n) is 9.38. The normalized spacial score (nSPS) is 15.7. The largest absolute Gasteiger partial charge is 0.497 e. The maximum atomic E-state index is 12.9. The van der Waals surface area contributed by atoms with E-state index in [1.54, 1.807) is 25.1 Å². The van der Waals surface area contributed by atoms with Crippen molar-refractivity contribution in [2.24, 2.45) is 0 Å². The van der Waals surface area contributed by atoms with Crippen molar-refractivity contribution in [3.63, 3.8) is 0 Å². The third-order valence-electron chi connectivity index (χ3n) is 4.57. The van der Waals surface area contributed by atoms with Gasteiger partial charge in [-0.05, 0) is 37.3 Å². The molecule has 0 fully saturated rings. The van der Waals surface area contributed by atoms with Crippen molar-refractivity contribution in [1.82, 2.24) is 10.6 Å². The Morgan fingerprint density at radius 1 is 1.00 bits per heavy atom. The Bertz CT molecular complexity index is 942. The number of nitrogens with one attached hydrogen (secondary N) is 2. The minimum absolute atomic E-state index is 0.0560. The van der Waals surface area contributed by atoms with Gasteiger partial charge >= 0.3 is 12.0 Å². The maximum absolute atomic E-state index is 12.9. The predicted molar refractivity (Wildman–Crippen MR) is 110 cm³/mol. The molecule has 8 heteroatoms. The molecule has 30 heavy (non-hydrogen) atoms. The molecular formula is C22H24N2O6. The van der Waals surface area contributed by atoms with Crippen molar-refractivity contribution in [2.75, 3.05) is 27.4 Å². The number of esters is 1. The third kappa shape index (κ3) is 4.83. The van der Waals surface area contributed by atoms with Gasteiger partial charge in [-0.1, -0.05) is 18.2 Å². The second-order valence-corrected chi connectivity index (χ2v) is 6.48. The fraction of sp³-hybridized carbons (Fsp3) is 0.273. The molecule has 3 rings (SSSR count). The fourth-order valence-corrected chi connectivity index (χ4v) is 3.15. The molecule has 1 heterocycles. The van der Waals surface area contributed by atoms with Crippen LogP contribution in [0.4, 0.5) is 4.79 Å². The summed E-state index contributed by atoms with van der Waals surface area (Å²) < 4.78 is 21.7. The van der Waals surface area contributed by atoms with Gasteiger partial charge in [0.15, 0.2) is 0 Å². The first-order valence-corrected chi connectivity index (χ1v) is 9.38. The molecule has 158 valence electrons. The summed E-state index contributed by atoms with van der Waals surface area (Å²) in [5, 5.41) is 5.38. The second kappa shape index (κ2) is 9.69. The standard InChI is InChI=1S/C22H24N2O6/c1-14-19(21(25)30-12-11-29-15-7-5-4-6-8-15)20(24-22(26)23-14)17-13-16(27-2)9-10-18(17)28-3/h4-10,13,20H,11-12H2,1-3H3,(H2,23,24,26)/t20-/m0/s1. The molecule has 0 bridgehead atoms. The lowest BCUT2D eigenvalue weighted by Crippen LogP contribution is -2.45. The summed E-state index contributed by atoms with van der Waals surface area (Å²) in [6, 6.07) is 13.2. The highest BCUT2D eigenvalue weighted by molar-refractivity contribution is 5.95. The monoisotopic (exact) mass is 412 g/mol. The summed E-state index contributed by atoms with van der Waals surface area (Å²) in [6.07, 6.45) is 0. The molecular weight excluding hydrogens is 388 g/mol. The van der Waals surface area contributed by atoms with Crippen LogP contribution in [0, 0.1) is 0 Å². The number of urea groups is 1. The SMILES string of the molecule is COc1ccc(OC)c([C@@H]2NC(=O)NC(C)=C2C(=O)OCCOc2ccccc2)c1. The Morgan fingerprint density at radius 3 is 2.47 bits per heavy atom. The van der Waals surface area contributed by atoms with Crippen LogP contribution in [0.2, 0.25) is 0 Å². The van der Waals surface area contributed by atoms with Gasteiger partial charge in [-0.3, -0.25) is 0 Å². The number of amides is 2. The molecule has 2 aromatic carbocycles. The lowest BCUT2D eigenvalue weighted by atomic mass is 9.94. The average Bonchev–Trinajstić information content (AvgIpc) is 2.76. The molecule has 0 unspecified atom stereocenters. The number of para-hydroxylation sites is 1. The van der Waals surface area contributed by atoms with E-state index >= 15 is 0 Å². The highest BCUT2D eigenvalue weighted by atomic mass is 16.6. The van der Waals surface area contributed by atoms with Gasteiger partial charge in [0, 0.05) is 11.3 Å². The summed E-state index contributed by atoms with van der Waals surface area (Å²) in [5.41, 5.74) is 1.27. The minimum atomic E-state index is -0.758. The van der Waals surface area contributed by atoms with E-state index in [1.165, 1.54) is 14.2 Å². The number of allylic oxidation sites excluding steroid dienone is 1. The van der Waals surface area contributed by atoms with Crippen LogP contribution in [-0.4, -0.2) is 39.4 Å². The molecule has 8 nitrogen and oxygen atoms in total. The van der Waals surface area contributed by atoms with Gasteiger partial charge in [-0.15, -0.1) is 0 Å². The molecule has 1 aliphatic rings. The molecule has 2 aromatic rings. The lowest BCUT2D eigenvalue weighted by Gasteiger charge is -2.29. The van der Waals surface area contributed by atoms with Crippen molar-refractivity contribution in [3.8, 4) is 17.2 Å². The van der Waals surface area contributed by atoms with Gasteiger partial charge in [-0.25, -0.2) is 9.59 Å². The van der Waals surface area contributed by atoms with E-state index in [-0.39, 0.29) is 18.8 Å². The quantitative estimate of drug-likeness (QED) is 0.511. The maximum Gasteiger partial charge on any atom is 0.338 e. The molecule has 0 aromatic heterocycles. The number of hydrogen-bond acceptors (Lipinski definition) is 6. The highest BCUT2D eigenvalue weighted by Gasteiger charge is 2.34. The summed E-state index contributed by atoms with van der Waals surface area (Å²) in [6.45, 7) is 1.91. The van der Waals surface area contributed by atoms with Gasteiger partial charge in [0.05, 0.1) is 25.8 Å². The molecule has 0 saturated heterocycles. The average molecular weight is 412 g/mol. The van der Waals surface area contributed by atoms with Crippen molar-refractivity contribution in [2.45, 2.75) is 13.0 Å². The van der Waals surface area contributed by atoms with Crippen molar-refractivity contribution < 1.29 is 28.5 Å². The third-order valence-corrected chi connectivity index (χ3v) is 4.57. The van der Waals surface area contributed by atoms with Crippen LogP contribution >= 0.6 is 0 Å². The number of carbonyl (C=O) groups is 2. The molecule has 2 N–H and O–H groups in total. The van der Waals surface area contributed by atoms with Crippen LogP contribution in [0.3, 0.4) is 0 Å². The van der Waals surface area contributed by atoms with Crippen molar-refractivity contribution in [3.05, 3.63) is 65.4 Å². The zero-order chi connectivity index (χ0) is 21.5. The van der Waals surface area contributed by atoms with E-state index in [0.29, 0.717) is 28.5 Å². The number of ether oxygens (including phenoxy) is 4. The Labute approximate surface area is 174 Å². The first-order chi connectivity index (χ1) is 14.5. The molecule has 1 aliphatic heterocycles. The Kier molecular flexibility index (Phi) is 6.79. The number of carbonyl (C=O) groups excluding carboxylic acids is 2. The number of methoxy groups -OCH3 is 2. The second-order valence-electron chi connectivity index (χ2n) is 6.48. The van der Waals surface area contributed by atoms with Gasteiger partial charge < -0.3 is 29.6 Å². The fourth-order valence-electron chi connectivity index (χ4n) is 3.15. The van der Waals surface area contributed by atoms with Crippen LogP contribution in [-0.2, 0) is 9.53 Å². The van der Waals surface area contributed by atoms with Crippen LogP contribution in [0.1, 0.15) is 18.5 Å². The lowest BCUT2D eigenvalue weighted by molar-refractivity contribution is -0.140. The number of rotatable bonds is 8. The summed E-state index contributed by atoms with van der Waals surface area (Å²) >= 11 is 0. The molecule has 0 spiro atoms. The molecule has 0 aliphatic carbocycles. The van der Waals surface area contributed by atoms with Crippen LogP contribution in [0.5, 0.6) is 17.2 Å².